The van der Waals surface area contributed by atoms with E-state index in [1.165, 1.54) is 5.56 Å². The zero-order chi connectivity index (χ0) is 11.5. The first kappa shape index (κ1) is 12.2. The molecule has 86 valence electrons. The molecule has 0 aliphatic rings. The van der Waals surface area contributed by atoms with Gasteiger partial charge in [0, 0.05) is 18.3 Å². The van der Waals surface area contributed by atoms with E-state index in [1.807, 2.05) is 10.9 Å². The van der Waals surface area contributed by atoms with Crippen LogP contribution in [-0.2, 0) is 12.1 Å². The summed E-state index contributed by atoms with van der Waals surface area (Å²) in [6, 6.07) is 0. The first-order valence-electron chi connectivity index (χ1n) is 5.64. The molecule has 0 unspecified atom stereocenters. The third-order valence-corrected chi connectivity index (χ3v) is 2.21. The third kappa shape index (κ3) is 4.04. The molecule has 15 heavy (non-hydrogen) atoms. The molecule has 0 saturated heterocycles. The van der Waals surface area contributed by atoms with Gasteiger partial charge in [0.05, 0.1) is 11.7 Å². The molecule has 1 heterocycles. The average molecular weight is 209 g/mol. The highest BCUT2D eigenvalue weighted by Gasteiger charge is 2.13. The van der Waals surface area contributed by atoms with E-state index in [1.54, 1.807) is 0 Å². The van der Waals surface area contributed by atoms with Crippen LogP contribution in [0.1, 0.15) is 40.2 Å². The van der Waals surface area contributed by atoms with Crippen LogP contribution in [0.4, 0.5) is 0 Å². The summed E-state index contributed by atoms with van der Waals surface area (Å²) < 4.78 is 2.01. The maximum absolute atomic E-state index is 4.36. The molecular formula is C12H23N3. The third-order valence-electron chi connectivity index (χ3n) is 2.21. The Balaban J connectivity index is 2.47. The fourth-order valence-electron chi connectivity index (χ4n) is 1.32. The van der Waals surface area contributed by atoms with Crippen LogP contribution in [-0.4, -0.2) is 16.3 Å². The molecule has 0 amide bonds. The van der Waals surface area contributed by atoms with Gasteiger partial charge < -0.3 is 5.32 Å². The average Bonchev–Trinajstić information content (AvgIpc) is 2.51. The van der Waals surface area contributed by atoms with Crippen LogP contribution in [0.15, 0.2) is 12.4 Å². The molecule has 0 radical (unpaired) electrons. The van der Waals surface area contributed by atoms with Crippen molar-refractivity contribution in [2.24, 2.45) is 5.92 Å². The van der Waals surface area contributed by atoms with Gasteiger partial charge in [0.1, 0.15) is 0 Å². The second kappa shape index (κ2) is 4.79. The van der Waals surface area contributed by atoms with Crippen molar-refractivity contribution in [1.29, 1.82) is 0 Å². The predicted molar refractivity (Wildman–Crippen MR) is 63.8 cm³/mol. The summed E-state index contributed by atoms with van der Waals surface area (Å²) in [5.41, 5.74) is 1.33. The van der Waals surface area contributed by atoms with Crippen LogP contribution in [0, 0.1) is 5.92 Å². The lowest BCUT2D eigenvalue weighted by atomic mass is 10.1. The van der Waals surface area contributed by atoms with Crippen LogP contribution in [0.5, 0.6) is 0 Å². The van der Waals surface area contributed by atoms with E-state index < -0.39 is 0 Å². The summed E-state index contributed by atoms with van der Waals surface area (Å²) in [5.74, 6) is 0.697. The normalized spacial score (nSPS) is 12.4. The number of hydrogen-bond acceptors (Lipinski definition) is 2. The van der Waals surface area contributed by atoms with Crippen molar-refractivity contribution in [3.8, 4) is 0 Å². The van der Waals surface area contributed by atoms with Gasteiger partial charge in [-0.3, -0.25) is 4.68 Å². The first-order valence-corrected chi connectivity index (χ1v) is 5.64. The Morgan fingerprint density at radius 3 is 2.53 bits per heavy atom. The highest BCUT2D eigenvalue weighted by molar-refractivity contribution is 5.04. The second-order valence-electron chi connectivity index (χ2n) is 5.49. The molecule has 0 aliphatic carbocycles. The number of nitrogens with zero attached hydrogens (tertiary/aromatic N) is 2. The number of nitrogens with one attached hydrogen (secondary N) is 1. The molecule has 0 saturated carbocycles. The molecule has 1 aromatic heterocycles. The van der Waals surface area contributed by atoms with E-state index in [0.29, 0.717) is 5.92 Å². The minimum atomic E-state index is 0.0797. The monoisotopic (exact) mass is 209 g/mol. The van der Waals surface area contributed by atoms with Crippen molar-refractivity contribution in [1.82, 2.24) is 15.1 Å². The van der Waals surface area contributed by atoms with Crippen LogP contribution < -0.4 is 5.32 Å². The van der Waals surface area contributed by atoms with Crippen molar-refractivity contribution >= 4 is 0 Å². The molecule has 1 N–H and O–H groups in total. The van der Waals surface area contributed by atoms with E-state index in [9.17, 15) is 0 Å². The van der Waals surface area contributed by atoms with Gasteiger partial charge >= 0.3 is 0 Å². The molecular weight excluding hydrogens is 186 g/mol. The van der Waals surface area contributed by atoms with Crippen molar-refractivity contribution in [3.05, 3.63) is 18.0 Å². The Bertz CT molecular complexity index is 294. The van der Waals surface area contributed by atoms with E-state index in [0.717, 1.165) is 13.1 Å². The maximum Gasteiger partial charge on any atom is 0.0543 e. The van der Waals surface area contributed by atoms with Crippen molar-refractivity contribution in [2.45, 2.75) is 46.7 Å². The number of rotatable bonds is 4. The molecule has 1 aromatic rings. The van der Waals surface area contributed by atoms with Crippen LogP contribution in [0.3, 0.4) is 0 Å². The van der Waals surface area contributed by atoms with Crippen LogP contribution in [0.2, 0.25) is 0 Å². The van der Waals surface area contributed by atoms with E-state index in [4.69, 9.17) is 0 Å². The summed E-state index contributed by atoms with van der Waals surface area (Å²) in [4.78, 5) is 0. The molecule has 1 rings (SSSR count). The molecule has 0 bridgehead atoms. The van der Waals surface area contributed by atoms with Gasteiger partial charge in [0.25, 0.3) is 0 Å². The predicted octanol–water partition coefficient (Wildman–Crippen LogP) is 2.38. The maximum atomic E-state index is 4.36. The molecule has 3 nitrogen and oxygen atoms in total. The first-order chi connectivity index (χ1) is 6.89. The molecule has 0 aliphatic heterocycles. The Morgan fingerprint density at radius 2 is 2.07 bits per heavy atom. The topological polar surface area (TPSA) is 29.9 Å². The van der Waals surface area contributed by atoms with Crippen molar-refractivity contribution in [2.75, 3.05) is 6.54 Å². The lowest BCUT2D eigenvalue weighted by Gasteiger charge is -2.18. The van der Waals surface area contributed by atoms with Gasteiger partial charge in [0.15, 0.2) is 0 Å². The zero-order valence-electron chi connectivity index (χ0n) is 10.5. The van der Waals surface area contributed by atoms with Gasteiger partial charge in [-0.25, -0.2) is 0 Å². The van der Waals surface area contributed by atoms with Gasteiger partial charge in [-0.1, -0.05) is 13.8 Å². The standard InChI is InChI=1S/C12H23N3/c1-10(2)6-13-7-11-8-14-15(9-11)12(3,4)5/h8-10,13H,6-7H2,1-5H3. The largest absolute Gasteiger partial charge is 0.312 e. The van der Waals surface area contributed by atoms with E-state index in [-0.39, 0.29) is 5.54 Å². The van der Waals surface area contributed by atoms with Gasteiger partial charge in [-0.15, -0.1) is 0 Å². The molecule has 3 heteroatoms. The molecule has 0 aromatic carbocycles. The van der Waals surface area contributed by atoms with Gasteiger partial charge in [0.2, 0.25) is 0 Å². The Kier molecular flexibility index (Phi) is 3.91. The van der Waals surface area contributed by atoms with Crippen LogP contribution >= 0.6 is 0 Å². The summed E-state index contributed by atoms with van der Waals surface area (Å²) in [5, 5.41) is 7.77. The van der Waals surface area contributed by atoms with E-state index >= 15 is 0 Å². The Hall–Kier alpha value is -0.830. The second-order valence-corrected chi connectivity index (χ2v) is 5.49. The number of hydrogen-bond donors (Lipinski definition) is 1. The highest BCUT2D eigenvalue weighted by Crippen LogP contribution is 2.12. The van der Waals surface area contributed by atoms with Gasteiger partial charge in [-0.2, -0.15) is 5.10 Å². The lowest BCUT2D eigenvalue weighted by molar-refractivity contribution is 0.355. The quantitative estimate of drug-likeness (QED) is 0.825. The molecule has 0 spiro atoms. The Morgan fingerprint density at radius 1 is 1.40 bits per heavy atom. The lowest BCUT2D eigenvalue weighted by Crippen LogP contribution is -2.22. The summed E-state index contributed by atoms with van der Waals surface area (Å²) >= 11 is 0. The van der Waals surface area contributed by atoms with Gasteiger partial charge in [-0.05, 0) is 33.2 Å². The van der Waals surface area contributed by atoms with E-state index in [2.05, 4.69) is 51.2 Å². The fraction of sp³-hybridized carbons (Fsp3) is 0.750. The summed E-state index contributed by atoms with van der Waals surface area (Å²) in [7, 11) is 0. The SMILES string of the molecule is CC(C)CNCc1cnn(C(C)(C)C)c1. The summed E-state index contributed by atoms with van der Waals surface area (Å²) in [6.07, 6.45) is 4.06. The van der Waals surface area contributed by atoms with Crippen molar-refractivity contribution in [3.63, 3.8) is 0 Å². The molecule has 0 atom stereocenters. The fourth-order valence-corrected chi connectivity index (χ4v) is 1.32. The summed E-state index contributed by atoms with van der Waals surface area (Å²) in [6.45, 7) is 12.9. The zero-order valence-corrected chi connectivity index (χ0v) is 10.5. The Labute approximate surface area is 92.9 Å². The van der Waals surface area contributed by atoms with Crippen molar-refractivity contribution < 1.29 is 0 Å². The van der Waals surface area contributed by atoms with Crippen LogP contribution in [0.25, 0.3) is 0 Å². The number of aromatic nitrogens is 2. The smallest absolute Gasteiger partial charge is 0.0543 e. The minimum absolute atomic E-state index is 0.0797. The molecule has 0 fully saturated rings. The minimum Gasteiger partial charge on any atom is -0.312 e. The highest BCUT2D eigenvalue weighted by atomic mass is 15.3.